The van der Waals surface area contributed by atoms with Crippen LogP contribution in [0.4, 0.5) is 4.79 Å². The van der Waals surface area contributed by atoms with E-state index in [1.165, 1.54) is 0 Å². The van der Waals surface area contributed by atoms with Gasteiger partial charge in [-0.3, -0.25) is 0 Å². The number of aliphatic hydroxyl groups is 1. The van der Waals surface area contributed by atoms with Crippen molar-refractivity contribution in [1.82, 2.24) is 10.2 Å². The number of urea groups is 1. The van der Waals surface area contributed by atoms with Crippen LogP contribution in [0.25, 0.3) is 0 Å². The number of hydrogen-bond donors (Lipinski definition) is 2. The van der Waals surface area contributed by atoms with Crippen molar-refractivity contribution in [1.29, 1.82) is 0 Å². The van der Waals surface area contributed by atoms with Crippen LogP contribution in [0.3, 0.4) is 0 Å². The number of carbonyl (C=O) groups is 1. The number of rotatable bonds is 6. The van der Waals surface area contributed by atoms with Crippen LogP contribution in [0.15, 0.2) is 0 Å². The van der Waals surface area contributed by atoms with Gasteiger partial charge in [0, 0.05) is 19.7 Å². The molecule has 143 valence electrons. The lowest BCUT2D eigenvalue weighted by Gasteiger charge is -2.49. The summed E-state index contributed by atoms with van der Waals surface area (Å²) in [5.41, 5.74) is -0.861. The Morgan fingerprint density at radius 2 is 1.79 bits per heavy atom. The van der Waals surface area contributed by atoms with Gasteiger partial charge in [-0.25, -0.2) is 4.79 Å². The van der Waals surface area contributed by atoms with E-state index < -0.39 is 13.9 Å². The summed E-state index contributed by atoms with van der Waals surface area (Å²) < 4.78 is 11.5. The van der Waals surface area contributed by atoms with Gasteiger partial charge in [-0.15, -0.1) is 18.1 Å². The molecule has 2 N–H and O–H groups in total. The van der Waals surface area contributed by atoms with E-state index in [9.17, 15) is 9.90 Å². The molecule has 7 heteroatoms. The Morgan fingerprint density at radius 3 is 2.25 bits per heavy atom. The number of carbonyl (C=O) groups excluding carboxylic acids is 1. The molecule has 6 nitrogen and oxygen atoms in total. The maximum absolute atomic E-state index is 12.4. The Kier molecular flexibility index (Phi) is 7.28. The molecule has 1 saturated heterocycles. The standard InChI is InChI=1S/C17H36N2O4Si/c1-16(2,3)24(6,7)23-13-14(12-17(4,5)21)18-15(20)19-8-10-22-11-9-19/h14,21H,8-13H2,1-7H3,(H,18,20)/q-1/t14-/m0/s1. The number of hydrogen-bond acceptors (Lipinski definition) is 4. The topological polar surface area (TPSA) is 71.0 Å². The van der Waals surface area contributed by atoms with Gasteiger partial charge in [-0.1, -0.05) is 20.8 Å². The van der Waals surface area contributed by atoms with E-state index in [4.69, 9.17) is 9.16 Å². The molecule has 0 aromatic heterocycles. The van der Waals surface area contributed by atoms with Crippen LogP contribution in [0.1, 0.15) is 41.0 Å². The fourth-order valence-corrected chi connectivity index (χ4v) is 3.36. The summed E-state index contributed by atoms with van der Waals surface area (Å²) in [6, 6.07) is -0.319. The molecule has 0 aromatic carbocycles. The highest BCUT2D eigenvalue weighted by Gasteiger charge is 2.29. The van der Waals surface area contributed by atoms with Crippen LogP contribution in [0, 0.1) is 0 Å². The van der Waals surface area contributed by atoms with Gasteiger partial charge >= 0.3 is 6.03 Å². The van der Waals surface area contributed by atoms with Gasteiger partial charge in [0.2, 0.25) is 0 Å². The molecule has 2 amide bonds. The lowest BCUT2D eigenvalue weighted by molar-refractivity contribution is 0.0414. The second kappa shape index (κ2) is 8.16. The molecular formula is C17H36N2O4Si-. The van der Waals surface area contributed by atoms with Crippen molar-refractivity contribution in [2.45, 2.75) is 70.8 Å². The molecule has 0 aromatic rings. The lowest BCUT2D eigenvalue weighted by Crippen LogP contribution is -2.53. The van der Waals surface area contributed by atoms with E-state index in [0.717, 1.165) is 0 Å². The molecule has 1 rings (SSSR count). The molecule has 0 unspecified atom stereocenters. The van der Waals surface area contributed by atoms with Gasteiger partial charge in [-0.05, 0) is 28.6 Å². The third-order valence-corrected chi connectivity index (χ3v) is 9.32. The first-order valence-corrected chi connectivity index (χ1v) is 11.7. The quantitative estimate of drug-likeness (QED) is 0.714. The van der Waals surface area contributed by atoms with Crippen molar-refractivity contribution in [2.75, 3.05) is 32.9 Å². The molecule has 1 atom stereocenters. The second-order valence-corrected chi connectivity index (χ2v) is 13.6. The van der Waals surface area contributed by atoms with Crippen LogP contribution in [-0.4, -0.2) is 68.9 Å². The predicted octanol–water partition coefficient (Wildman–Crippen LogP) is 2.58. The highest BCUT2D eigenvalue weighted by atomic mass is 28.4. The van der Waals surface area contributed by atoms with Gasteiger partial charge < -0.3 is 24.5 Å². The van der Waals surface area contributed by atoms with Crippen LogP contribution < -0.4 is 5.32 Å². The molecule has 0 aliphatic carbocycles. The summed E-state index contributed by atoms with van der Waals surface area (Å²) in [5.74, 6) is 0. The minimum Gasteiger partial charge on any atom is -0.563 e. The van der Waals surface area contributed by atoms with Gasteiger partial charge in [0.15, 0.2) is 0 Å². The Balaban J connectivity index is 2.68. The molecule has 0 bridgehead atoms. The number of nitrogens with zero attached hydrogens (tertiary/aromatic N) is 1. The molecular weight excluding hydrogens is 324 g/mol. The van der Waals surface area contributed by atoms with E-state index in [-0.39, 0.29) is 17.1 Å². The van der Waals surface area contributed by atoms with E-state index in [1.807, 2.05) is 0 Å². The summed E-state index contributed by atoms with van der Waals surface area (Å²) in [6.45, 7) is 17.2. The average Bonchev–Trinajstić information content (AvgIpc) is 2.43. The SMILES string of the molecule is CC(C)(O)C[C@@H](CO[Si-](C)(C)C(C)(C)C)NC(=O)N1CCOCC1. The maximum atomic E-state index is 12.4. The average molecular weight is 361 g/mol. The van der Waals surface area contributed by atoms with Gasteiger partial charge in [0.1, 0.15) is 0 Å². The maximum Gasteiger partial charge on any atom is 0.317 e. The summed E-state index contributed by atoms with van der Waals surface area (Å²) in [5, 5.41) is 13.3. The first-order chi connectivity index (χ1) is 10.8. The van der Waals surface area contributed by atoms with Gasteiger partial charge in [0.05, 0.1) is 24.9 Å². The number of amides is 2. The van der Waals surface area contributed by atoms with Crippen molar-refractivity contribution in [2.24, 2.45) is 0 Å². The molecule has 0 radical (unpaired) electrons. The largest absolute Gasteiger partial charge is 0.563 e. The number of ether oxygens (including phenoxy) is 1. The Hall–Kier alpha value is -0.633. The van der Waals surface area contributed by atoms with E-state index in [2.05, 4.69) is 39.2 Å². The fourth-order valence-electron chi connectivity index (χ4n) is 2.31. The van der Waals surface area contributed by atoms with E-state index >= 15 is 0 Å². The first kappa shape index (κ1) is 21.4. The summed E-state index contributed by atoms with van der Waals surface area (Å²) in [6.07, 6.45) is 0.456. The van der Waals surface area contributed by atoms with Crippen LogP contribution in [-0.2, 0) is 9.16 Å². The van der Waals surface area contributed by atoms with Crippen LogP contribution in [0.2, 0.25) is 18.1 Å². The third-order valence-electron chi connectivity index (χ3n) is 4.82. The van der Waals surface area contributed by atoms with E-state index in [1.54, 1.807) is 18.7 Å². The highest BCUT2D eigenvalue weighted by molar-refractivity contribution is 6.74. The molecule has 1 aliphatic heterocycles. The molecule has 24 heavy (non-hydrogen) atoms. The highest BCUT2D eigenvalue weighted by Crippen LogP contribution is 2.36. The second-order valence-electron chi connectivity index (χ2n) is 8.83. The smallest absolute Gasteiger partial charge is 0.317 e. The van der Waals surface area contributed by atoms with Gasteiger partial charge in [0.25, 0.3) is 0 Å². The fraction of sp³-hybridized carbons (Fsp3) is 0.941. The first-order valence-electron chi connectivity index (χ1n) is 8.81. The minimum absolute atomic E-state index is 0.105. The van der Waals surface area contributed by atoms with Crippen molar-refractivity contribution in [3.05, 3.63) is 0 Å². The van der Waals surface area contributed by atoms with Gasteiger partial charge in [-0.2, -0.15) is 0 Å². The lowest BCUT2D eigenvalue weighted by atomic mass is 10.00. The number of nitrogens with one attached hydrogen (secondary N) is 1. The summed E-state index contributed by atoms with van der Waals surface area (Å²) in [4.78, 5) is 14.2. The molecule has 0 saturated carbocycles. The molecule has 1 aliphatic rings. The molecule has 1 heterocycles. The Morgan fingerprint density at radius 1 is 1.25 bits per heavy atom. The zero-order chi connectivity index (χ0) is 18.6. The van der Waals surface area contributed by atoms with Crippen LogP contribution >= 0.6 is 0 Å². The summed E-state index contributed by atoms with van der Waals surface area (Å²) in [7, 11) is -1.90. The monoisotopic (exact) mass is 360 g/mol. The Bertz CT molecular complexity index is 410. The van der Waals surface area contributed by atoms with Crippen molar-refractivity contribution < 1.29 is 19.1 Å². The zero-order valence-electron chi connectivity index (χ0n) is 16.4. The van der Waals surface area contributed by atoms with Crippen molar-refractivity contribution in [3.8, 4) is 0 Å². The van der Waals surface area contributed by atoms with Crippen molar-refractivity contribution >= 4 is 14.3 Å². The minimum atomic E-state index is -1.90. The molecule has 0 spiro atoms. The predicted molar refractivity (Wildman–Crippen MR) is 98.8 cm³/mol. The third kappa shape index (κ3) is 7.09. The molecule has 1 fully saturated rings. The normalized spacial score (nSPS) is 18.4. The van der Waals surface area contributed by atoms with Crippen molar-refractivity contribution in [3.63, 3.8) is 0 Å². The van der Waals surface area contributed by atoms with Crippen LogP contribution in [0.5, 0.6) is 0 Å². The zero-order valence-corrected chi connectivity index (χ0v) is 17.4. The van der Waals surface area contributed by atoms with E-state index in [0.29, 0.717) is 39.3 Å². The summed E-state index contributed by atoms with van der Waals surface area (Å²) >= 11 is 0. The Labute approximate surface area is 148 Å². The number of morpholine rings is 1.